The number of halogens is 1. The van der Waals surface area contributed by atoms with Gasteiger partial charge in [0.2, 0.25) is 0 Å². The Morgan fingerprint density at radius 2 is 2.11 bits per heavy atom. The molecule has 7 atom stereocenters. The highest BCUT2D eigenvalue weighted by atomic mass is 35.5. The number of carbonyl (C=O) groups excluding carboxylic acids is 1. The average molecular weight is 430 g/mol. The van der Waals surface area contributed by atoms with E-state index in [2.05, 4.69) is 26.1 Å². The standard InChI is InChI=1S/C20H33BClNO4S/c1-18(2,3)25-17(24)13-10-28-15(23-13)8-14(22)21-26-16-12-7-11(19(12,4)5)9-20(16,6)27-21/h11-16,23H,7-10H2,1-6H3/t11-,12+,13?,14+,15?,16?,20+/m1/s1. The SMILES string of the molecule is CC(C)(C)OC(=O)C1CSC(C[C@H](Cl)B2OC3[C@@H]4C[C@H](C[C@]3(C)O2)C4(C)C)N1. The highest BCUT2D eigenvalue weighted by molar-refractivity contribution is 8.00. The Kier molecular flexibility index (Phi) is 5.36. The van der Waals surface area contributed by atoms with Gasteiger partial charge in [-0.25, -0.2) is 0 Å². The van der Waals surface area contributed by atoms with Gasteiger partial charge in [-0.2, -0.15) is 0 Å². The topological polar surface area (TPSA) is 56.8 Å². The minimum Gasteiger partial charge on any atom is -0.459 e. The zero-order valence-corrected chi connectivity index (χ0v) is 19.4. The van der Waals surface area contributed by atoms with Crippen LogP contribution in [0.3, 0.4) is 0 Å². The summed E-state index contributed by atoms with van der Waals surface area (Å²) >= 11 is 8.46. The number of carbonyl (C=O) groups is 1. The predicted molar refractivity (Wildman–Crippen MR) is 113 cm³/mol. The zero-order chi connectivity index (χ0) is 20.5. The second-order valence-electron chi connectivity index (χ2n) is 10.7. The molecule has 5 aliphatic rings. The van der Waals surface area contributed by atoms with Gasteiger partial charge < -0.3 is 14.0 Å². The van der Waals surface area contributed by atoms with E-state index in [0.717, 1.165) is 12.3 Å². The molecule has 0 aromatic heterocycles. The summed E-state index contributed by atoms with van der Waals surface area (Å²) in [7, 11) is -0.380. The molecule has 3 aliphatic carbocycles. The molecule has 3 saturated carbocycles. The molecule has 1 N–H and O–H groups in total. The molecule has 2 bridgehead atoms. The van der Waals surface area contributed by atoms with Gasteiger partial charge in [0.05, 0.1) is 22.4 Å². The van der Waals surface area contributed by atoms with E-state index >= 15 is 0 Å². The first-order valence-corrected chi connectivity index (χ1v) is 12.0. The summed E-state index contributed by atoms with van der Waals surface area (Å²) < 4.78 is 18.3. The Balaban J connectivity index is 1.31. The Hall–Kier alpha value is 0.0549. The fourth-order valence-electron chi connectivity index (χ4n) is 5.39. The third kappa shape index (κ3) is 3.75. The van der Waals surface area contributed by atoms with Crippen LogP contribution >= 0.6 is 23.4 Å². The highest BCUT2D eigenvalue weighted by Gasteiger charge is 2.67. The number of hydrogen-bond acceptors (Lipinski definition) is 6. The first-order valence-electron chi connectivity index (χ1n) is 10.5. The number of ether oxygens (including phenoxy) is 1. The van der Waals surface area contributed by atoms with Crippen molar-refractivity contribution in [2.24, 2.45) is 17.3 Å². The Morgan fingerprint density at radius 1 is 1.39 bits per heavy atom. The molecule has 5 fully saturated rings. The van der Waals surface area contributed by atoms with Gasteiger partial charge in [0.25, 0.3) is 0 Å². The molecule has 0 radical (unpaired) electrons. The van der Waals surface area contributed by atoms with Crippen molar-refractivity contribution in [1.82, 2.24) is 5.32 Å². The molecule has 28 heavy (non-hydrogen) atoms. The molecular formula is C20H33BClNO4S. The van der Waals surface area contributed by atoms with E-state index in [1.54, 1.807) is 11.8 Å². The van der Waals surface area contributed by atoms with Gasteiger partial charge in [-0.05, 0) is 64.2 Å². The fourth-order valence-corrected chi connectivity index (χ4v) is 7.05. The molecule has 2 aliphatic heterocycles. The number of nitrogens with one attached hydrogen (secondary N) is 1. The minimum absolute atomic E-state index is 0.104. The van der Waals surface area contributed by atoms with Crippen LogP contribution < -0.4 is 5.32 Å². The number of rotatable bonds is 4. The smallest absolute Gasteiger partial charge is 0.459 e. The second kappa shape index (κ2) is 7.05. The lowest BCUT2D eigenvalue weighted by Crippen LogP contribution is -2.63. The van der Waals surface area contributed by atoms with E-state index in [1.807, 2.05) is 20.8 Å². The number of esters is 1. The van der Waals surface area contributed by atoms with Gasteiger partial charge in [-0.1, -0.05) is 13.8 Å². The summed E-state index contributed by atoms with van der Waals surface area (Å²) in [6.45, 7) is 12.6. The van der Waals surface area contributed by atoms with Gasteiger partial charge in [0.15, 0.2) is 0 Å². The maximum Gasteiger partial charge on any atom is 0.476 e. The predicted octanol–water partition coefficient (Wildman–Crippen LogP) is 3.62. The first-order chi connectivity index (χ1) is 12.9. The Morgan fingerprint density at radius 3 is 2.75 bits per heavy atom. The van der Waals surface area contributed by atoms with E-state index in [4.69, 9.17) is 25.6 Å². The van der Waals surface area contributed by atoms with Crippen molar-refractivity contribution in [2.75, 3.05) is 5.75 Å². The molecule has 158 valence electrons. The summed E-state index contributed by atoms with van der Waals surface area (Å²) in [5.41, 5.74) is -0.341. The number of alkyl halides is 1. The van der Waals surface area contributed by atoms with E-state index in [-0.39, 0.29) is 41.5 Å². The van der Waals surface area contributed by atoms with Gasteiger partial charge in [-0.3, -0.25) is 10.1 Å². The van der Waals surface area contributed by atoms with E-state index < -0.39 is 5.60 Å². The van der Waals surface area contributed by atoms with Crippen LogP contribution in [-0.4, -0.2) is 52.8 Å². The quantitative estimate of drug-likeness (QED) is 0.418. The largest absolute Gasteiger partial charge is 0.476 e. The van der Waals surface area contributed by atoms with Gasteiger partial charge >= 0.3 is 13.1 Å². The molecule has 2 heterocycles. The third-order valence-corrected chi connectivity index (χ3v) is 8.75. The molecule has 3 unspecified atom stereocenters. The van der Waals surface area contributed by atoms with Crippen molar-refractivity contribution in [3.63, 3.8) is 0 Å². The molecule has 0 aromatic carbocycles. The van der Waals surface area contributed by atoms with Crippen LogP contribution in [0.25, 0.3) is 0 Å². The normalized spacial score (nSPS) is 42.7. The van der Waals surface area contributed by atoms with Crippen LogP contribution in [0, 0.1) is 17.3 Å². The van der Waals surface area contributed by atoms with E-state index in [9.17, 15) is 4.79 Å². The van der Waals surface area contributed by atoms with Crippen molar-refractivity contribution in [2.45, 2.75) is 94.8 Å². The molecule has 0 spiro atoms. The van der Waals surface area contributed by atoms with E-state index in [0.29, 0.717) is 23.5 Å². The average Bonchev–Trinajstić information content (AvgIpc) is 3.16. The van der Waals surface area contributed by atoms with Crippen molar-refractivity contribution in [3.05, 3.63) is 0 Å². The molecule has 8 heteroatoms. The monoisotopic (exact) mass is 429 g/mol. The lowest BCUT2D eigenvalue weighted by Gasteiger charge is -2.63. The third-order valence-electron chi connectivity index (χ3n) is 7.11. The van der Waals surface area contributed by atoms with Crippen LogP contribution in [-0.2, 0) is 18.8 Å². The zero-order valence-electron chi connectivity index (χ0n) is 17.8. The summed E-state index contributed by atoms with van der Waals surface area (Å²) in [4.78, 5) is 12.3. The van der Waals surface area contributed by atoms with E-state index in [1.165, 1.54) is 6.42 Å². The maximum absolute atomic E-state index is 12.3. The van der Waals surface area contributed by atoms with Gasteiger partial charge in [0.1, 0.15) is 11.6 Å². The Labute approximate surface area is 178 Å². The number of hydrogen-bond donors (Lipinski definition) is 1. The molecule has 0 amide bonds. The Bertz CT molecular complexity index is 644. The molecule has 2 saturated heterocycles. The lowest BCUT2D eigenvalue weighted by molar-refractivity contribution is -0.185. The summed E-state index contributed by atoms with van der Waals surface area (Å²) in [5.74, 6) is 1.79. The first kappa shape index (κ1) is 21.3. The lowest BCUT2D eigenvalue weighted by atomic mass is 9.45. The summed E-state index contributed by atoms with van der Waals surface area (Å²) in [5, 5.41) is 3.22. The van der Waals surface area contributed by atoms with Crippen molar-refractivity contribution >= 4 is 36.5 Å². The van der Waals surface area contributed by atoms with Crippen LogP contribution in [0.5, 0.6) is 0 Å². The molecule has 0 aromatic rings. The highest BCUT2D eigenvalue weighted by Crippen LogP contribution is 2.64. The second-order valence-corrected chi connectivity index (χ2v) is 12.5. The van der Waals surface area contributed by atoms with Gasteiger partial charge in [-0.15, -0.1) is 23.4 Å². The van der Waals surface area contributed by atoms with Crippen LogP contribution in [0.2, 0.25) is 0 Å². The van der Waals surface area contributed by atoms with Crippen LogP contribution in [0.15, 0.2) is 0 Å². The van der Waals surface area contributed by atoms with Crippen molar-refractivity contribution in [1.29, 1.82) is 0 Å². The van der Waals surface area contributed by atoms with Gasteiger partial charge in [0, 0.05) is 5.75 Å². The van der Waals surface area contributed by atoms with Crippen molar-refractivity contribution < 1.29 is 18.8 Å². The minimum atomic E-state index is -0.470. The number of thioether (sulfide) groups is 1. The fraction of sp³-hybridized carbons (Fsp3) is 0.950. The maximum atomic E-state index is 12.3. The van der Waals surface area contributed by atoms with Crippen LogP contribution in [0.1, 0.15) is 60.8 Å². The molecule has 5 rings (SSSR count). The molecule has 5 nitrogen and oxygen atoms in total. The molecular weight excluding hydrogens is 397 g/mol. The van der Waals surface area contributed by atoms with Crippen molar-refractivity contribution in [3.8, 4) is 0 Å². The summed E-state index contributed by atoms with van der Waals surface area (Å²) in [6.07, 6.45) is 3.13. The van der Waals surface area contributed by atoms with Crippen LogP contribution in [0.4, 0.5) is 0 Å². The summed E-state index contributed by atoms with van der Waals surface area (Å²) in [6, 6.07) is -0.281.